The number of nitrogen functional groups attached to an aromatic ring is 1. The summed E-state index contributed by atoms with van der Waals surface area (Å²) in [5.41, 5.74) is 9.67. The number of nitrogens with zero attached hydrogens (tertiary/aromatic N) is 4. The van der Waals surface area contributed by atoms with Crippen LogP contribution in [0.1, 0.15) is 41.0 Å². The van der Waals surface area contributed by atoms with Crippen molar-refractivity contribution in [2.75, 3.05) is 17.7 Å². The predicted octanol–water partition coefficient (Wildman–Crippen LogP) is 5.05. The van der Waals surface area contributed by atoms with Gasteiger partial charge < -0.3 is 15.8 Å². The minimum Gasteiger partial charge on any atom is -0.396 e. The van der Waals surface area contributed by atoms with Gasteiger partial charge in [-0.15, -0.1) is 11.3 Å². The Balaban J connectivity index is 1.59. The van der Waals surface area contributed by atoms with Crippen LogP contribution in [0.4, 0.5) is 11.4 Å². The average Bonchev–Trinajstić information content (AvgIpc) is 3.43. The first kappa shape index (κ1) is 20.9. The van der Waals surface area contributed by atoms with Crippen LogP contribution >= 0.6 is 22.9 Å². The van der Waals surface area contributed by atoms with Gasteiger partial charge >= 0.3 is 0 Å². The SMILES string of the molecule is Cc1nc(C(=O)Nc2cc(-c3cnc(Cl)c(N)c3)cc3nn(C4CCCCO4)cc23)cs1. The summed E-state index contributed by atoms with van der Waals surface area (Å²) < 4.78 is 7.73. The smallest absolute Gasteiger partial charge is 0.275 e. The van der Waals surface area contributed by atoms with Crippen LogP contribution < -0.4 is 11.1 Å². The fourth-order valence-corrected chi connectivity index (χ4v) is 4.47. The summed E-state index contributed by atoms with van der Waals surface area (Å²) in [6.45, 7) is 2.58. The van der Waals surface area contributed by atoms with Crippen molar-refractivity contribution in [2.24, 2.45) is 0 Å². The third kappa shape index (κ3) is 4.06. The number of thiazole rings is 1. The molecule has 1 amide bonds. The van der Waals surface area contributed by atoms with Crippen LogP contribution in [0.5, 0.6) is 0 Å². The van der Waals surface area contributed by atoms with Crippen LogP contribution in [-0.4, -0.2) is 32.3 Å². The molecule has 0 bridgehead atoms. The second-order valence-electron chi connectivity index (χ2n) is 7.70. The maximum Gasteiger partial charge on any atom is 0.275 e. The van der Waals surface area contributed by atoms with Gasteiger partial charge in [-0.1, -0.05) is 11.6 Å². The molecule has 4 aromatic rings. The van der Waals surface area contributed by atoms with E-state index < -0.39 is 0 Å². The molecule has 1 fully saturated rings. The van der Waals surface area contributed by atoms with Crippen molar-refractivity contribution < 1.29 is 9.53 Å². The van der Waals surface area contributed by atoms with E-state index in [0.29, 0.717) is 23.7 Å². The van der Waals surface area contributed by atoms with E-state index >= 15 is 0 Å². The number of ether oxygens (including phenoxy) is 1. The third-order valence-corrected chi connectivity index (χ3v) is 6.48. The van der Waals surface area contributed by atoms with Crippen molar-refractivity contribution in [1.82, 2.24) is 19.7 Å². The summed E-state index contributed by atoms with van der Waals surface area (Å²) in [7, 11) is 0. The molecule has 1 aliphatic heterocycles. The second-order valence-corrected chi connectivity index (χ2v) is 9.12. The lowest BCUT2D eigenvalue weighted by atomic mass is 10.0. The van der Waals surface area contributed by atoms with Crippen LogP contribution in [-0.2, 0) is 4.74 Å². The largest absolute Gasteiger partial charge is 0.396 e. The Hall–Kier alpha value is -3.01. The molecule has 0 saturated carbocycles. The average molecular weight is 469 g/mol. The van der Waals surface area contributed by atoms with Gasteiger partial charge in [0, 0.05) is 35.3 Å². The number of benzene rings is 1. The molecule has 164 valence electrons. The Kier molecular flexibility index (Phi) is 5.54. The summed E-state index contributed by atoms with van der Waals surface area (Å²) >= 11 is 7.43. The molecular weight excluding hydrogens is 448 g/mol. The lowest BCUT2D eigenvalue weighted by molar-refractivity contribution is -0.0390. The highest BCUT2D eigenvalue weighted by Gasteiger charge is 2.20. The van der Waals surface area contributed by atoms with Gasteiger partial charge in [-0.3, -0.25) is 4.79 Å². The fourth-order valence-electron chi connectivity index (χ4n) is 3.77. The number of amides is 1. The van der Waals surface area contributed by atoms with Crippen molar-refractivity contribution in [2.45, 2.75) is 32.4 Å². The standard InChI is InChI=1S/C22H21ClN6O2S/c1-12-26-19(11-32-12)22(30)27-17-7-13(14-6-16(24)21(23)25-9-14)8-18-15(17)10-29(28-18)20-4-2-3-5-31-20/h6-11,20H,2-5,24H2,1H3,(H,27,30). The van der Waals surface area contributed by atoms with Crippen LogP contribution in [0.3, 0.4) is 0 Å². The van der Waals surface area contributed by atoms with Crippen molar-refractivity contribution in [1.29, 1.82) is 0 Å². The number of nitrogens with two attached hydrogens (primary N) is 1. The van der Waals surface area contributed by atoms with E-state index in [1.165, 1.54) is 11.3 Å². The third-order valence-electron chi connectivity index (χ3n) is 5.39. The normalized spacial score (nSPS) is 16.4. The summed E-state index contributed by atoms with van der Waals surface area (Å²) in [5, 5.41) is 11.4. The number of hydrogen-bond acceptors (Lipinski definition) is 7. The number of carbonyl (C=O) groups excluding carboxylic acids is 1. The van der Waals surface area contributed by atoms with Gasteiger partial charge in [-0.2, -0.15) is 5.10 Å². The lowest BCUT2D eigenvalue weighted by Gasteiger charge is -2.22. The van der Waals surface area contributed by atoms with E-state index in [2.05, 4.69) is 15.3 Å². The van der Waals surface area contributed by atoms with Gasteiger partial charge in [0.2, 0.25) is 0 Å². The predicted molar refractivity (Wildman–Crippen MR) is 126 cm³/mol. The Morgan fingerprint density at radius 2 is 2.19 bits per heavy atom. The molecule has 1 aliphatic rings. The molecule has 1 unspecified atom stereocenters. The number of halogens is 1. The number of fused-ring (bicyclic) bond motifs is 1. The summed E-state index contributed by atoms with van der Waals surface area (Å²) in [5.74, 6) is -0.275. The van der Waals surface area contributed by atoms with Crippen LogP contribution in [0.2, 0.25) is 5.15 Å². The Morgan fingerprint density at radius 1 is 1.31 bits per heavy atom. The van der Waals surface area contributed by atoms with Gasteiger partial charge in [0.25, 0.3) is 5.91 Å². The highest BCUT2D eigenvalue weighted by atomic mass is 35.5. The number of rotatable bonds is 4. The van der Waals surface area contributed by atoms with E-state index in [9.17, 15) is 4.79 Å². The molecule has 5 rings (SSSR count). The van der Waals surface area contributed by atoms with Gasteiger partial charge in [0.1, 0.15) is 11.9 Å². The van der Waals surface area contributed by atoms with Gasteiger partial charge in [0.15, 0.2) is 5.15 Å². The number of hydrogen-bond donors (Lipinski definition) is 2. The van der Waals surface area contributed by atoms with E-state index in [-0.39, 0.29) is 17.3 Å². The molecule has 1 saturated heterocycles. The van der Waals surface area contributed by atoms with E-state index in [1.54, 1.807) is 17.6 Å². The zero-order valence-corrected chi connectivity index (χ0v) is 18.9. The lowest BCUT2D eigenvalue weighted by Crippen LogP contribution is -2.18. The Bertz CT molecular complexity index is 1310. The Morgan fingerprint density at radius 3 is 2.91 bits per heavy atom. The maximum absolute atomic E-state index is 12.9. The minimum atomic E-state index is -0.275. The van der Waals surface area contributed by atoms with Gasteiger partial charge in [0.05, 0.1) is 21.9 Å². The van der Waals surface area contributed by atoms with Crippen LogP contribution in [0.15, 0.2) is 36.0 Å². The molecule has 3 N–H and O–H groups in total. The summed E-state index contributed by atoms with van der Waals surface area (Å²) in [4.78, 5) is 21.3. The van der Waals surface area contributed by atoms with E-state index in [1.807, 2.05) is 29.9 Å². The van der Waals surface area contributed by atoms with E-state index in [4.69, 9.17) is 27.2 Å². The second kappa shape index (κ2) is 8.50. The molecular formula is C22H21ClN6O2S. The number of aromatic nitrogens is 4. The molecule has 4 heterocycles. The molecule has 8 nitrogen and oxygen atoms in total. The molecule has 32 heavy (non-hydrogen) atoms. The van der Waals surface area contributed by atoms with Crippen molar-refractivity contribution in [3.63, 3.8) is 0 Å². The highest BCUT2D eigenvalue weighted by molar-refractivity contribution is 7.09. The Labute approximate surface area is 193 Å². The first-order valence-corrected chi connectivity index (χ1v) is 11.5. The van der Waals surface area contributed by atoms with Gasteiger partial charge in [-0.05, 0) is 49.9 Å². The summed E-state index contributed by atoms with van der Waals surface area (Å²) in [6.07, 6.45) is 6.51. The number of anilines is 2. The molecule has 0 aliphatic carbocycles. The topological polar surface area (TPSA) is 108 Å². The molecule has 0 radical (unpaired) electrons. The zero-order chi connectivity index (χ0) is 22.2. The molecule has 1 atom stereocenters. The quantitative estimate of drug-likeness (QED) is 0.406. The minimum absolute atomic E-state index is 0.114. The first-order chi connectivity index (χ1) is 15.5. The zero-order valence-electron chi connectivity index (χ0n) is 17.3. The number of aryl methyl sites for hydroxylation is 1. The number of pyridine rings is 1. The summed E-state index contributed by atoms with van der Waals surface area (Å²) in [6, 6.07) is 5.59. The van der Waals surface area contributed by atoms with Crippen LogP contribution in [0, 0.1) is 6.92 Å². The fraction of sp³-hybridized carbons (Fsp3) is 0.273. The van der Waals surface area contributed by atoms with Crippen molar-refractivity contribution >= 4 is 51.1 Å². The molecule has 1 aromatic carbocycles. The van der Waals surface area contributed by atoms with Crippen molar-refractivity contribution in [3.8, 4) is 11.1 Å². The van der Waals surface area contributed by atoms with Gasteiger partial charge in [-0.25, -0.2) is 14.6 Å². The van der Waals surface area contributed by atoms with E-state index in [0.717, 1.165) is 46.3 Å². The molecule has 0 spiro atoms. The van der Waals surface area contributed by atoms with Crippen LogP contribution in [0.25, 0.3) is 22.0 Å². The van der Waals surface area contributed by atoms with Crippen molar-refractivity contribution in [3.05, 3.63) is 51.8 Å². The first-order valence-electron chi connectivity index (χ1n) is 10.3. The molecule has 3 aromatic heterocycles. The maximum atomic E-state index is 12.9. The monoisotopic (exact) mass is 468 g/mol. The highest BCUT2D eigenvalue weighted by Crippen LogP contribution is 2.34. The number of carbonyl (C=O) groups is 1. The number of nitrogens with one attached hydrogen (secondary N) is 1. The molecule has 10 heteroatoms.